The van der Waals surface area contributed by atoms with Gasteiger partial charge in [-0.25, -0.2) is 0 Å². The molecule has 170 valence electrons. The fourth-order valence-corrected chi connectivity index (χ4v) is 5.36. The van der Waals surface area contributed by atoms with Crippen LogP contribution in [0.25, 0.3) is 0 Å². The molecule has 8 heteroatoms. The molecule has 7 nitrogen and oxygen atoms in total. The normalized spacial score (nSPS) is 25.8. The predicted molar refractivity (Wildman–Crippen MR) is 120 cm³/mol. The lowest BCUT2D eigenvalue weighted by Gasteiger charge is -2.47. The van der Waals surface area contributed by atoms with Crippen molar-refractivity contribution in [2.75, 3.05) is 20.3 Å². The Morgan fingerprint density at radius 1 is 1.10 bits per heavy atom. The van der Waals surface area contributed by atoms with Gasteiger partial charge in [-0.1, -0.05) is 37.8 Å². The average Bonchev–Trinajstić information content (AvgIpc) is 2.70. The lowest BCUT2D eigenvalue weighted by molar-refractivity contribution is -0.163. The van der Waals surface area contributed by atoms with E-state index in [9.17, 15) is 14.7 Å². The lowest BCUT2D eigenvalue weighted by Crippen LogP contribution is -2.51. The van der Waals surface area contributed by atoms with E-state index >= 15 is 0 Å². The van der Waals surface area contributed by atoms with Gasteiger partial charge >= 0.3 is 11.9 Å². The largest absolute Gasteiger partial charge is 0.508 e. The Kier molecular flexibility index (Phi) is 7.09. The van der Waals surface area contributed by atoms with E-state index in [1.807, 2.05) is 13.0 Å². The molecule has 4 rings (SSSR count). The number of rotatable bonds is 8. The number of nitrogens with zero attached hydrogens (tertiary/aromatic N) is 1. The highest BCUT2D eigenvalue weighted by atomic mass is 28.3. The second kappa shape index (κ2) is 9.42. The number of carbonyl (C=O) groups is 2. The first-order valence-corrected chi connectivity index (χ1v) is 14.6. The molecule has 0 heterocycles. The number of aromatic hydroxyl groups is 1. The summed E-state index contributed by atoms with van der Waals surface area (Å²) in [4.78, 5) is 31.5. The summed E-state index contributed by atoms with van der Waals surface area (Å²) in [5, 5.41) is 14.3. The molecule has 1 unspecified atom stereocenters. The number of fused-ring (bicyclic) bond motifs is 2. The van der Waals surface area contributed by atoms with Gasteiger partial charge in [0.1, 0.15) is 12.9 Å². The van der Waals surface area contributed by atoms with Crippen molar-refractivity contribution in [1.29, 1.82) is 0 Å². The Morgan fingerprint density at radius 2 is 1.77 bits per heavy atom. The number of phenolic OH excluding ortho intramolecular Hbond substituents is 1. The molecule has 4 atom stereocenters. The molecule has 0 saturated heterocycles. The van der Waals surface area contributed by atoms with Gasteiger partial charge in [0.25, 0.3) is 0 Å². The highest BCUT2D eigenvalue weighted by Crippen LogP contribution is 2.55. The van der Waals surface area contributed by atoms with Gasteiger partial charge < -0.3 is 19.4 Å². The Bertz CT molecular complexity index is 862. The van der Waals surface area contributed by atoms with Crippen LogP contribution in [-0.2, 0) is 23.9 Å². The summed E-state index contributed by atoms with van der Waals surface area (Å²) >= 11 is 0. The minimum atomic E-state index is -1.36. The van der Waals surface area contributed by atoms with E-state index < -0.39 is 31.8 Å². The SMILES string of the molecule is CCCOC(=O)[C@H]1[C@H](C(=O)OCC[Si](C)(C)C)C2CC(=NOC)[C@H]1c1cc(O)ccc12. The van der Waals surface area contributed by atoms with Crippen LogP contribution in [0.5, 0.6) is 5.75 Å². The Hall–Kier alpha value is -2.35. The van der Waals surface area contributed by atoms with Crippen LogP contribution in [0.15, 0.2) is 23.4 Å². The molecule has 1 saturated carbocycles. The number of oxime groups is 1. The van der Waals surface area contributed by atoms with Crippen molar-refractivity contribution in [3.8, 4) is 5.75 Å². The fraction of sp³-hybridized carbons (Fsp3) is 0.609. The molecule has 1 fully saturated rings. The maximum atomic E-state index is 13.3. The molecular formula is C23H33NO6Si. The van der Waals surface area contributed by atoms with Crippen LogP contribution in [-0.4, -0.2) is 51.2 Å². The van der Waals surface area contributed by atoms with Gasteiger partial charge in [-0.05, 0) is 42.1 Å². The molecule has 0 aliphatic heterocycles. The van der Waals surface area contributed by atoms with Gasteiger partial charge in [-0.2, -0.15) is 0 Å². The number of benzene rings is 1. The van der Waals surface area contributed by atoms with Gasteiger partial charge in [0, 0.05) is 19.9 Å². The second-order valence-electron chi connectivity index (χ2n) is 9.56. The summed E-state index contributed by atoms with van der Waals surface area (Å²) in [6.45, 7) is 9.25. The molecule has 0 radical (unpaired) electrons. The fourth-order valence-electron chi connectivity index (χ4n) is 4.65. The van der Waals surface area contributed by atoms with Crippen molar-refractivity contribution in [3.05, 3.63) is 29.3 Å². The average molecular weight is 448 g/mol. The third kappa shape index (κ3) is 4.94. The third-order valence-corrected chi connectivity index (χ3v) is 7.77. The monoisotopic (exact) mass is 447 g/mol. The summed E-state index contributed by atoms with van der Waals surface area (Å²) in [5.74, 6) is -2.86. The van der Waals surface area contributed by atoms with Crippen LogP contribution in [0, 0.1) is 11.8 Å². The number of hydrogen-bond donors (Lipinski definition) is 1. The summed E-state index contributed by atoms with van der Waals surface area (Å²) in [7, 11) is 0.0990. The molecular weight excluding hydrogens is 414 g/mol. The number of esters is 2. The molecule has 0 aromatic heterocycles. The van der Waals surface area contributed by atoms with Crippen LogP contribution in [0.2, 0.25) is 25.7 Å². The predicted octanol–water partition coefficient (Wildman–Crippen LogP) is 4.05. The number of hydrogen-bond acceptors (Lipinski definition) is 7. The van der Waals surface area contributed by atoms with Crippen molar-refractivity contribution in [2.45, 2.75) is 57.3 Å². The summed E-state index contributed by atoms with van der Waals surface area (Å²) in [6.07, 6.45) is 1.19. The maximum absolute atomic E-state index is 13.3. The number of carbonyl (C=O) groups excluding carboxylic acids is 2. The Balaban J connectivity index is 2.00. The van der Waals surface area contributed by atoms with Crippen molar-refractivity contribution >= 4 is 25.7 Å². The summed E-state index contributed by atoms with van der Waals surface area (Å²) < 4.78 is 11.2. The molecule has 1 N–H and O–H groups in total. The minimum absolute atomic E-state index is 0.109. The first-order valence-electron chi connectivity index (χ1n) is 10.9. The molecule has 31 heavy (non-hydrogen) atoms. The highest BCUT2D eigenvalue weighted by Gasteiger charge is 2.57. The minimum Gasteiger partial charge on any atom is -0.508 e. The molecule has 2 bridgehead atoms. The van der Waals surface area contributed by atoms with E-state index in [4.69, 9.17) is 14.3 Å². The molecule has 3 aliphatic carbocycles. The lowest BCUT2D eigenvalue weighted by atomic mass is 9.55. The number of phenols is 1. The zero-order valence-corrected chi connectivity index (χ0v) is 20.0. The maximum Gasteiger partial charge on any atom is 0.310 e. The second-order valence-corrected chi connectivity index (χ2v) is 15.2. The van der Waals surface area contributed by atoms with Crippen molar-refractivity contribution in [3.63, 3.8) is 0 Å². The van der Waals surface area contributed by atoms with E-state index in [-0.39, 0.29) is 24.2 Å². The Labute approximate surface area is 184 Å². The van der Waals surface area contributed by atoms with Crippen LogP contribution in [0.4, 0.5) is 0 Å². The third-order valence-electron chi connectivity index (χ3n) is 6.07. The van der Waals surface area contributed by atoms with Crippen molar-refractivity contribution in [2.24, 2.45) is 17.0 Å². The topological polar surface area (TPSA) is 94.4 Å². The van der Waals surface area contributed by atoms with Gasteiger partial charge in [-0.15, -0.1) is 0 Å². The van der Waals surface area contributed by atoms with Crippen LogP contribution < -0.4 is 0 Å². The van der Waals surface area contributed by atoms with Crippen LogP contribution in [0.1, 0.15) is 42.7 Å². The zero-order chi connectivity index (χ0) is 22.8. The van der Waals surface area contributed by atoms with E-state index in [0.29, 0.717) is 25.2 Å². The molecule has 1 aromatic rings. The Morgan fingerprint density at radius 3 is 2.42 bits per heavy atom. The number of ether oxygens (including phenoxy) is 2. The smallest absolute Gasteiger partial charge is 0.310 e. The standard InChI is InChI=1S/C23H33NO6Si/c1-6-9-29-23(27)21-19-16-12-14(25)7-8-15(16)17(13-18(19)24-28-2)20(21)22(26)30-10-11-31(3,4)5/h7-8,12,17,19-21,25H,6,9-11,13H2,1-5H3/t17?,19-,20-,21-/m1/s1. The van der Waals surface area contributed by atoms with Gasteiger partial charge in [-0.3, -0.25) is 9.59 Å². The molecule has 0 spiro atoms. The van der Waals surface area contributed by atoms with Crippen LogP contribution in [0.3, 0.4) is 0 Å². The molecule has 1 aromatic carbocycles. The van der Waals surface area contributed by atoms with Crippen molar-refractivity contribution in [1.82, 2.24) is 0 Å². The van der Waals surface area contributed by atoms with Gasteiger partial charge in [0.05, 0.1) is 30.8 Å². The van der Waals surface area contributed by atoms with E-state index in [1.54, 1.807) is 12.1 Å². The van der Waals surface area contributed by atoms with Crippen molar-refractivity contribution < 1.29 is 29.0 Å². The van der Waals surface area contributed by atoms with Crippen LogP contribution >= 0.6 is 0 Å². The van der Waals surface area contributed by atoms with E-state index in [0.717, 1.165) is 17.2 Å². The zero-order valence-electron chi connectivity index (χ0n) is 19.0. The first kappa shape index (κ1) is 23.3. The first-order chi connectivity index (χ1) is 14.7. The summed E-state index contributed by atoms with van der Waals surface area (Å²) in [6, 6.07) is 5.97. The quantitative estimate of drug-likeness (QED) is 0.367. The van der Waals surface area contributed by atoms with E-state index in [1.165, 1.54) is 7.11 Å². The van der Waals surface area contributed by atoms with Gasteiger partial charge in [0.15, 0.2) is 0 Å². The van der Waals surface area contributed by atoms with E-state index in [2.05, 4.69) is 24.8 Å². The van der Waals surface area contributed by atoms with Gasteiger partial charge in [0.2, 0.25) is 0 Å². The molecule has 0 amide bonds. The highest BCUT2D eigenvalue weighted by molar-refractivity contribution is 6.76. The summed E-state index contributed by atoms with van der Waals surface area (Å²) in [5.41, 5.74) is 2.44. The molecule has 3 aliphatic rings.